The minimum absolute atomic E-state index is 0.210. The van der Waals surface area contributed by atoms with Crippen molar-refractivity contribution in [1.82, 2.24) is 14.5 Å². The number of aryl methyl sites for hydroxylation is 2. The van der Waals surface area contributed by atoms with Gasteiger partial charge in [-0.15, -0.1) is 11.3 Å². The molecule has 23 heavy (non-hydrogen) atoms. The van der Waals surface area contributed by atoms with E-state index >= 15 is 0 Å². The van der Waals surface area contributed by atoms with E-state index in [1.165, 1.54) is 9.88 Å². The van der Waals surface area contributed by atoms with Gasteiger partial charge >= 0.3 is 0 Å². The molecule has 0 bridgehead atoms. The molecule has 1 saturated heterocycles. The van der Waals surface area contributed by atoms with Crippen molar-refractivity contribution in [2.24, 2.45) is 0 Å². The summed E-state index contributed by atoms with van der Waals surface area (Å²) in [6.45, 7) is 8.01. The molecule has 124 valence electrons. The normalized spacial score (nSPS) is 19.8. The fraction of sp³-hybridized carbons (Fsp3) is 0.556. The van der Waals surface area contributed by atoms with Crippen LogP contribution in [0.25, 0.3) is 0 Å². The molecule has 3 rings (SSSR count). The molecule has 5 heteroatoms. The second-order valence-corrected chi connectivity index (χ2v) is 7.79. The summed E-state index contributed by atoms with van der Waals surface area (Å²) in [5.41, 5.74) is 1.13. The Morgan fingerprint density at radius 1 is 1.39 bits per heavy atom. The van der Waals surface area contributed by atoms with E-state index in [2.05, 4.69) is 25.3 Å². The van der Waals surface area contributed by atoms with Gasteiger partial charge in [-0.3, -0.25) is 4.79 Å². The van der Waals surface area contributed by atoms with Gasteiger partial charge in [-0.2, -0.15) is 0 Å². The predicted molar refractivity (Wildman–Crippen MR) is 93.9 cm³/mol. The number of hydrogen-bond acceptors (Lipinski definition) is 3. The summed E-state index contributed by atoms with van der Waals surface area (Å²) < 4.78 is 2.10. The minimum atomic E-state index is 0.210. The molecule has 0 aromatic carbocycles. The highest BCUT2D eigenvalue weighted by Crippen LogP contribution is 2.31. The zero-order valence-electron chi connectivity index (χ0n) is 14.2. The molecule has 0 unspecified atom stereocenters. The molecular weight excluding hydrogens is 306 g/mol. The second-order valence-electron chi connectivity index (χ2n) is 6.56. The second kappa shape index (κ2) is 6.87. The predicted octanol–water partition coefficient (Wildman–Crippen LogP) is 3.92. The van der Waals surface area contributed by atoms with Crippen LogP contribution >= 0.6 is 11.3 Å². The first kappa shape index (κ1) is 16.2. The van der Waals surface area contributed by atoms with Crippen molar-refractivity contribution in [3.05, 3.63) is 40.1 Å². The van der Waals surface area contributed by atoms with Crippen molar-refractivity contribution < 1.29 is 4.79 Å². The minimum Gasteiger partial charge on any atom is -0.351 e. The number of thiazole rings is 1. The van der Waals surface area contributed by atoms with Crippen LogP contribution in [-0.2, 0) is 4.79 Å². The van der Waals surface area contributed by atoms with Crippen molar-refractivity contribution in [3.8, 4) is 0 Å². The van der Waals surface area contributed by atoms with Crippen LogP contribution in [0, 0.1) is 13.8 Å². The van der Waals surface area contributed by atoms with Gasteiger partial charge in [0.2, 0.25) is 5.91 Å². The third-order valence-electron chi connectivity index (χ3n) is 4.77. The molecule has 0 aliphatic carbocycles. The van der Waals surface area contributed by atoms with Crippen molar-refractivity contribution in [2.75, 3.05) is 13.1 Å². The summed E-state index contributed by atoms with van der Waals surface area (Å²) in [5, 5.41) is 1.20. The van der Waals surface area contributed by atoms with Gasteiger partial charge in [0.25, 0.3) is 0 Å². The van der Waals surface area contributed by atoms with Gasteiger partial charge in [0.15, 0.2) is 0 Å². The van der Waals surface area contributed by atoms with Crippen LogP contribution in [0.2, 0.25) is 0 Å². The number of rotatable bonds is 4. The van der Waals surface area contributed by atoms with E-state index < -0.39 is 0 Å². The molecule has 2 aromatic rings. The molecule has 2 atom stereocenters. The van der Waals surface area contributed by atoms with Crippen LogP contribution in [0.1, 0.15) is 53.7 Å². The maximum absolute atomic E-state index is 12.6. The topological polar surface area (TPSA) is 38.1 Å². The fourth-order valence-electron chi connectivity index (χ4n) is 3.21. The SMILES string of the molecule is Cc1nc([C@H]2CCCN(C(=O)C[C@@H](C)n3cccc3)C2)sc1C. The lowest BCUT2D eigenvalue weighted by atomic mass is 9.98. The molecular formula is C18H25N3OS. The highest BCUT2D eigenvalue weighted by Gasteiger charge is 2.27. The third kappa shape index (κ3) is 3.66. The quantitative estimate of drug-likeness (QED) is 0.851. The summed E-state index contributed by atoms with van der Waals surface area (Å²) >= 11 is 1.79. The first-order chi connectivity index (χ1) is 11.0. The molecule has 4 nitrogen and oxygen atoms in total. The van der Waals surface area contributed by atoms with Crippen LogP contribution in [-0.4, -0.2) is 33.4 Å². The number of hydrogen-bond donors (Lipinski definition) is 0. The summed E-state index contributed by atoms with van der Waals surface area (Å²) in [4.78, 5) is 20.7. The Morgan fingerprint density at radius 2 is 2.13 bits per heavy atom. The number of carbonyl (C=O) groups excluding carboxylic acids is 1. The standard InChI is InChI=1S/C18H25N3OS/c1-13(20-8-4-5-9-20)11-17(22)21-10-6-7-16(12-21)18-19-14(2)15(3)23-18/h4-5,8-9,13,16H,6-7,10-12H2,1-3H3/t13-,16+/m1/s1. The Hall–Kier alpha value is -1.62. The highest BCUT2D eigenvalue weighted by molar-refractivity contribution is 7.11. The van der Waals surface area contributed by atoms with Crippen molar-refractivity contribution >= 4 is 17.2 Å². The fourth-order valence-corrected chi connectivity index (χ4v) is 4.25. The number of piperidine rings is 1. The summed E-state index contributed by atoms with van der Waals surface area (Å²) in [6, 6.07) is 4.22. The largest absolute Gasteiger partial charge is 0.351 e. The number of likely N-dealkylation sites (tertiary alicyclic amines) is 1. The van der Waals surface area contributed by atoms with E-state index in [4.69, 9.17) is 4.98 Å². The van der Waals surface area contributed by atoms with E-state index in [0.717, 1.165) is 31.6 Å². The molecule has 0 radical (unpaired) electrons. The van der Waals surface area contributed by atoms with Crippen molar-refractivity contribution in [2.45, 2.75) is 52.0 Å². The average molecular weight is 331 g/mol. The maximum Gasteiger partial charge on any atom is 0.224 e. The van der Waals surface area contributed by atoms with Crippen LogP contribution in [0.15, 0.2) is 24.5 Å². The van der Waals surface area contributed by atoms with Crippen molar-refractivity contribution in [3.63, 3.8) is 0 Å². The zero-order valence-corrected chi connectivity index (χ0v) is 15.0. The van der Waals surface area contributed by atoms with Crippen LogP contribution in [0.5, 0.6) is 0 Å². The highest BCUT2D eigenvalue weighted by atomic mass is 32.1. The Labute approximate surface area is 142 Å². The Morgan fingerprint density at radius 3 is 2.78 bits per heavy atom. The van der Waals surface area contributed by atoms with Gasteiger partial charge in [-0.25, -0.2) is 4.98 Å². The lowest BCUT2D eigenvalue weighted by Gasteiger charge is -2.32. The molecule has 1 aliphatic heterocycles. The zero-order chi connectivity index (χ0) is 16.4. The summed E-state index contributed by atoms with van der Waals surface area (Å²) in [5.74, 6) is 0.674. The summed E-state index contributed by atoms with van der Waals surface area (Å²) in [6.07, 6.45) is 6.84. The molecule has 0 saturated carbocycles. The molecule has 1 amide bonds. The van der Waals surface area contributed by atoms with Gasteiger partial charge in [0, 0.05) is 48.7 Å². The van der Waals surface area contributed by atoms with E-state index in [-0.39, 0.29) is 11.9 Å². The first-order valence-corrected chi connectivity index (χ1v) is 9.20. The molecule has 0 N–H and O–H groups in total. The molecule has 2 aromatic heterocycles. The smallest absolute Gasteiger partial charge is 0.224 e. The Bertz CT molecular complexity index is 642. The number of nitrogens with zero attached hydrogens (tertiary/aromatic N) is 3. The van der Waals surface area contributed by atoms with Gasteiger partial charge in [-0.05, 0) is 45.7 Å². The average Bonchev–Trinajstić information content (AvgIpc) is 3.18. The van der Waals surface area contributed by atoms with Gasteiger partial charge in [-0.1, -0.05) is 0 Å². The van der Waals surface area contributed by atoms with E-state index in [1.54, 1.807) is 11.3 Å². The van der Waals surface area contributed by atoms with E-state index in [1.807, 2.05) is 29.4 Å². The Balaban J connectivity index is 1.62. The van der Waals surface area contributed by atoms with Crippen molar-refractivity contribution in [1.29, 1.82) is 0 Å². The third-order valence-corrected chi connectivity index (χ3v) is 6.01. The van der Waals surface area contributed by atoms with Gasteiger partial charge < -0.3 is 9.47 Å². The number of carbonyl (C=O) groups is 1. The van der Waals surface area contributed by atoms with Crippen LogP contribution in [0.3, 0.4) is 0 Å². The van der Waals surface area contributed by atoms with Crippen LogP contribution in [0.4, 0.5) is 0 Å². The van der Waals surface area contributed by atoms with E-state index in [9.17, 15) is 4.79 Å². The first-order valence-electron chi connectivity index (χ1n) is 8.38. The maximum atomic E-state index is 12.6. The monoisotopic (exact) mass is 331 g/mol. The summed E-state index contributed by atoms with van der Waals surface area (Å²) in [7, 11) is 0. The molecule has 3 heterocycles. The number of aromatic nitrogens is 2. The molecule has 1 aliphatic rings. The lowest BCUT2D eigenvalue weighted by Crippen LogP contribution is -2.39. The lowest BCUT2D eigenvalue weighted by molar-refractivity contribution is -0.133. The van der Waals surface area contributed by atoms with Gasteiger partial charge in [0.05, 0.1) is 10.7 Å². The Kier molecular flexibility index (Phi) is 4.85. The van der Waals surface area contributed by atoms with E-state index in [0.29, 0.717) is 12.3 Å². The number of amides is 1. The molecule has 0 spiro atoms. The van der Waals surface area contributed by atoms with Gasteiger partial charge in [0.1, 0.15) is 0 Å². The molecule has 1 fully saturated rings. The van der Waals surface area contributed by atoms with Crippen LogP contribution < -0.4 is 0 Å².